The molecular formula is C22H23FN8O. The number of hydrogen-bond acceptors (Lipinski definition) is 6. The number of alkyl halides is 1. The van der Waals surface area contributed by atoms with E-state index >= 15 is 0 Å². The van der Waals surface area contributed by atoms with Gasteiger partial charge in [0.2, 0.25) is 0 Å². The van der Waals surface area contributed by atoms with Gasteiger partial charge in [0.1, 0.15) is 17.6 Å². The van der Waals surface area contributed by atoms with E-state index < -0.39 is 12.2 Å². The minimum atomic E-state index is -0.971. The fraction of sp³-hybridized carbons (Fsp3) is 0.364. The fourth-order valence-electron chi connectivity index (χ4n) is 4.41. The Morgan fingerprint density at radius 3 is 2.78 bits per heavy atom. The van der Waals surface area contributed by atoms with Crippen LogP contribution in [0.2, 0.25) is 0 Å². The zero-order chi connectivity index (χ0) is 21.8. The lowest BCUT2D eigenvalue weighted by atomic mass is 10.2. The van der Waals surface area contributed by atoms with Gasteiger partial charge in [0.15, 0.2) is 11.3 Å². The first kappa shape index (κ1) is 19.0. The highest BCUT2D eigenvalue weighted by Crippen LogP contribution is 2.31. The molecule has 4 aromatic heterocycles. The van der Waals surface area contributed by atoms with E-state index in [1.807, 2.05) is 22.7 Å². The zero-order valence-electron chi connectivity index (χ0n) is 17.6. The van der Waals surface area contributed by atoms with Gasteiger partial charge in [0, 0.05) is 45.0 Å². The minimum absolute atomic E-state index is 0.318. The Kier molecular flexibility index (Phi) is 4.27. The lowest BCUT2D eigenvalue weighted by Gasteiger charge is -2.19. The number of hydrogen-bond donors (Lipinski definition) is 2. The van der Waals surface area contributed by atoms with Crippen LogP contribution in [0.25, 0.3) is 22.7 Å². The van der Waals surface area contributed by atoms with Crippen molar-refractivity contribution in [1.82, 2.24) is 29.3 Å². The molecule has 2 atom stereocenters. The zero-order valence-corrected chi connectivity index (χ0v) is 17.6. The van der Waals surface area contributed by atoms with Gasteiger partial charge >= 0.3 is 0 Å². The maximum absolute atomic E-state index is 13.3. The van der Waals surface area contributed by atoms with E-state index in [4.69, 9.17) is 4.98 Å². The van der Waals surface area contributed by atoms with Crippen LogP contribution >= 0.6 is 0 Å². The molecule has 2 aliphatic rings. The summed E-state index contributed by atoms with van der Waals surface area (Å²) in [5.41, 5.74) is 4.27. The number of nitrogens with zero attached hydrogens (tertiary/aromatic N) is 6. The molecule has 2 fully saturated rings. The number of imidazole rings is 1. The number of rotatable bonds is 5. The van der Waals surface area contributed by atoms with Crippen LogP contribution in [0, 0.1) is 0 Å². The van der Waals surface area contributed by atoms with E-state index in [1.54, 1.807) is 17.8 Å². The summed E-state index contributed by atoms with van der Waals surface area (Å²) in [4.78, 5) is 24.5. The van der Waals surface area contributed by atoms with Crippen LogP contribution in [0.1, 0.15) is 29.6 Å². The number of amides is 1. The van der Waals surface area contributed by atoms with Gasteiger partial charge in [0.05, 0.1) is 29.3 Å². The van der Waals surface area contributed by atoms with Gasteiger partial charge in [-0.05, 0) is 25.0 Å². The lowest BCUT2D eigenvalue weighted by molar-refractivity contribution is 0.0949. The first-order valence-electron chi connectivity index (χ1n) is 10.9. The summed E-state index contributed by atoms with van der Waals surface area (Å²) in [5.74, 6) is 0.324. The van der Waals surface area contributed by atoms with E-state index in [9.17, 15) is 9.18 Å². The number of carbonyl (C=O) groups excluding carboxylic acids is 1. The molecule has 1 aliphatic heterocycles. The third kappa shape index (κ3) is 2.97. The second-order valence-electron chi connectivity index (χ2n) is 8.32. The molecule has 1 aliphatic carbocycles. The summed E-state index contributed by atoms with van der Waals surface area (Å²) >= 11 is 0. The van der Waals surface area contributed by atoms with Crippen molar-refractivity contribution in [2.24, 2.45) is 0 Å². The number of carbonyl (C=O) groups is 1. The second kappa shape index (κ2) is 7.18. The predicted octanol–water partition coefficient (Wildman–Crippen LogP) is 2.53. The van der Waals surface area contributed by atoms with Crippen LogP contribution in [-0.4, -0.2) is 62.2 Å². The molecule has 0 spiro atoms. The van der Waals surface area contributed by atoms with E-state index in [1.165, 1.54) is 19.0 Å². The van der Waals surface area contributed by atoms with Crippen LogP contribution in [0.3, 0.4) is 0 Å². The van der Waals surface area contributed by atoms with Crippen molar-refractivity contribution < 1.29 is 9.18 Å². The molecule has 9 nitrogen and oxygen atoms in total. The number of fused-ring (bicyclic) bond motifs is 2. The van der Waals surface area contributed by atoms with Gasteiger partial charge in [-0.25, -0.2) is 14.4 Å². The number of pyridine rings is 1. The second-order valence-corrected chi connectivity index (χ2v) is 8.32. The first-order valence-corrected chi connectivity index (χ1v) is 10.9. The molecule has 4 aromatic rings. The average molecular weight is 434 g/mol. The van der Waals surface area contributed by atoms with Crippen LogP contribution in [-0.2, 0) is 0 Å². The summed E-state index contributed by atoms with van der Waals surface area (Å²) < 4.78 is 16.9. The third-order valence-electron chi connectivity index (χ3n) is 6.24. The monoisotopic (exact) mass is 434 g/mol. The quantitative estimate of drug-likeness (QED) is 0.502. The number of aromatic nitrogens is 5. The molecule has 10 heteroatoms. The van der Waals surface area contributed by atoms with E-state index in [0.717, 1.165) is 30.1 Å². The van der Waals surface area contributed by atoms with Gasteiger partial charge in [0.25, 0.3) is 5.91 Å². The van der Waals surface area contributed by atoms with Crippen molar-refractivity contribution in [3.63, 3.8) is 0 Å². The van der Waals surface area contributed by atoms with Gasteiger partial charge in [-0.1, -0.05) is 0 Å². The summed E-state index contributed by atoms with van der Waals surface area (Å²) in [7, 11) is 1.79. The summed E-state index contributed by atoms with van der Waals surface area (Å²) in [5, 5.41) is 10.2. The molecule has 5 heterocycles. The largest absolute Gasteiger partial charge is 0.373 e. The van der Waals surface area contributed by atoms with E-state index in [0.29, 0.717) is 29.1 Å². The maximum atomic E-state index is 13.3. The Morgan fingerprint density at radius 2 is 2.03 bits per heavy atom. The number of nitrogens with one attached hydrogen (secondary N) is 2. The molecule has 0 radical (unpaired) electrons. The van der Waals surface area contributed by atoms with E-state index in [-0.39, 0.29) is 5.91 Å². The molecule has 32 heavy (non-hydrogen) atoms. The normalized spacial score (nSPS) is 20.2. The van der Waals surface area contributed by atoms with Crippen LogP contribution < -0.4 is 15.5 Å². The van der Waals surface area contributed by atoms with Crippen molar-refractivity contribution >= 4 is 28.7 Å². The smallest absolute Gasteiger partial charge is 0.257 e. The Labute approximate surface area is 183 Å². The van der Waals surface area contributed by atoms with Gasteiger partial charge in [-0.2, -0.15) is 9.61 Å². The molecule has 164 valence electrons. The van der Waals surface area contributed by atoms with Crippen LogP contribution in [0.15, 0.2) is 36.8 Å². The molecule has 0 unspecified atom stereocenters. The Morgan fingerprint density at radius 1 is 1.22 bits per heavy atom. The van der Waals surface area contributed by atoms with Gasteiger partial charge in [-0.3, -0.25) is 9.20 Å². The molecule has 1 amide bonds. The molecular weight excluding hydrogens is 411 g/mol. The van der Waals surface area contributed by atoms with Crippen molar-refractivity contribution in [3.05, 3.63) is 42.4 Å². The van der Waals surface area contributed by atoms with Crippen LogP contribution in [0.4, 0.5) is 15.9 Å². The highest BCUT2D eigenvalue weighted by atomic mass is 19.1. The van der Waals surface area contributed by atoms with Crippen molar-refractivity contribution in [2.45, 2.75) is 31.5 Å². The summed E-state index contributed by atoms with van der Waals surface area (Å²) in [6.45, 7) is 2.07. The number of halogens is 1. The summed E-state index contributed by atoms with van der Waals surface area (Å²) in [6, 6.07) is 5.60. The highest BCUT2D eigenvalue weighted by molar-refractivity contribution is 6.00. The molecule has 1 saturated carbocycles. The SMILES string of the molecule is CNc1cc(-c2ccc(N3CCCC3)c3nccn23)nc2c(C(=O)N[C@@H]3C[C@@H]3F)cnn12. The Balaban J connectivity index is 1.47. The van der Waals surface area contributed by atoms with Crippen molar-refractivity contribution in [1.29, 1.82) is 0 Å². The highest BCUT2D eigenvalue weighted by Gasteiger charge is 2.39. The summed E-state index contributed by atoms with van der Waals surface area (Å²) in [6.07, 6.45) is 6.95. The van der Waals surface area contributed by atoms with Crippen LogP contribution in [0.5, 0.6) is 0 Å². The first-order chi connectivity index (χ1) is 15.6. The topological polar surface area (TPSA) is 91.9 Å². The lowest BCUT2D eigenvalue weighted by Crippen LogP contribution is -2.27. The molecule has 6 rings (SSSR count). The van der Waals surface area contributed by atoms with Gasteiger partial charge in [-0.15, -0.1) is 0 Å². The molecule has 2 N–H and O–H groups in total. The standard InChI is InChI=1S/C22H23FN8O/c1-24-19-11-16(27-20-13(12-26-31(19)20)22(32)28-15-10-14(15)23)17-4-5-18(29-7-2-3-8-29)21-25-6-9-30(17)21/h4-6,9,11-12,14-15,24H,2-3,7-8,10H2,1H3,(H,28,32)/t14-,15+/m0/s1. The van der Waals surface area contributed by atoms with Crippen molar-refractivity contribution in [3.8, 4) is 11.4 Å². The minimum Gasteiger partial charge on any atom is -0.373 e. The number of anilines is 2. The Bertz CT molecular complexity index is 1340. The average Bonchev–Trinajstić information content (AvgIpc) is 3.32. The molecule has 1 saturated heterocycles. The fourth-order valence-corrected chi connectivity index (χ4v) is 4.41. The molecule has 0 bridgehead atoms. The maximum Gasteiger partial charge on any atom is 0.257 e. The molecule has 0 aromatic carbocycles. The van der Waals surface area contributed by atoms with E-state index in [2.05, 4.69) is 31.7 Å². The van der Waals surface area contributed by atoms with Crippen molar-refractivity contribution in [2.75, 3.05) is 30.4 Å². The third-order valence-corrected chi connectivity index (χ3v) is 6.24. The van der Waals surface area contributed by atoms with Gasteiger partial charge < -0.3 is 15.5 Å². The predicted molar refractivity (Wildman–Crippen MR) is 119 cm³/mol. The Hall–Kier alpha value is -3.69.